The molecular formula is C22H32ClN3O3S. The van der Waals surface area contributed by atoms with Gasteiger partial charge < -0.3 is 9.80 Å². The zero-order valence-electron chi connectivity index (χ0n) is 17.7. The Balaban J connectivity index is 1.46. The molecule has 3 heterocycles. The number of sulfonamides is 1. The van der Waals surface area contributed by atoms with Crippen molar-refractivity contribution in [3.63, 3.8) is 0 Å². The summed E-state index contributed by atoms with van der Waals surface area (Å²) in [6.07, 6.45) is 7.68. The van der Waals surface area contributed by atoms with Gasteiger partial charge in [-0.25, -0.2) is 8.42 Å². The number of halogens is 1. The Morgan fingerprint density at radius 2 is 1.87 bits per heavy atom. The minimum Gasteiger partial charge on any atom is -0.341 e. The molecule has 3 fully saturated rings. The van der Waals surface area contributed by atoms with Gasteiger partial charge in [-0.2, -0.15) is 0 Å². The van der Waals surface area contributed by atoms with Crippen molar-refractivity contribution in [1.82, 2.24) is 9.80 Å². The molecule has 4 rings (SSSR count). The Hall–Kier alpha value is -1.31. The average molecular weight is 454 g/mol. The van der Waals surface area contributed by atoms with Gasteiger partial charge in [-0.15, -0.1) is 0 Å². The van der Waals surface area contributed by atoms with Crippen LogP contribution in [0.25, 0.3) is 0 Å². The number of benzene rings is 1. The molecule has 166 valence electrons. The first-order valence-corrected chi connectivity index (χ1v) is 13.1. The van der Waals surface area contributed by atoms with Crippen LogP contribution in [0, 0.1) is 5.92 Å². The van der Waals surface area contributed by atoms with Crippen molar-refractivity contribution in [1.29, 1.82) is 0 Å². The standard InChI is InChI=1S/C22H32ClN3O3S/c1-24(16-17-7-6-12-25-11-3-2-8-21(17)25)22(27)19-10-9-18(15-20(19)23)26-13-4-5-14-30(26,28)29/h9-10,15,17,21H,2-8,11-14,16H2,1H3/t17-,21+/m1/s1. The van der Waals surface area contributed by atoms with Gasteiger partial charge in [0.1, 0.15) is 0 Å². The minimum atomic E-state index is -3.30. The number of carbonyl (C=O) groups is 1. The Kier molecular flexibility index (Phi) is 6.61. The first kappa shape index (κ1) is 21.9. The van der Waals surface area contributed by atoms with E-state index in [9.17, 15) is 13.2 Å². The molecule has 0 unspecified atom stereocenters. The van der Waals surface area contributed by atoms with E-state index in [4.69, 9.17) is 11.6 Å². The van der Waals surface area contributed by atoms with E-state index in [0.717, 1.165) is 19.4 Å². The van der Waals surface area contributed by atoms with Crippen LogP contribution in [0.4, 0.5) is 5.69 Å². The smallest absolute Gasteiger partial charge is 0.255 e. The van der Waals surface area contributed by atoms with E-state index < -0.39 is 10.0 Å². The van der Waals surface area contributed by atoms with Gasteiger partial charge in [0.05, 0.1) is 22.0 Å². The summed E-state index contributed by atoms with van der Waals surface area (Å²) in [5.41, 5.74) is 0.984. The van der Waals surface area contributed by atoms with Crippen molar-refractivity contribution >= 4 is 33.2 Å². The second-order valence-electron chi connectivity index (χ2n) is 8.95. The fourth-order valence-electron chi connectivity index (χ4n) is 5.34. The van der Waals surface area contributed by atoms with Crippen LogP contribution >= 0.6 is 11.6 Å². The van der Waals surface area contributed by atoms with E-state index in [-0.39, 0.29) is 11.7 Å². The minimum absolute atomic E-state index is 0.0963. The molecule has 3 aliphatic rings. The van der Waals surface area contributed by atoms with E-state index in [0.29, 0.717) is 41.2 Å². The second kappa shape index (κ2) is 9.05. The summed E-state index contributed by atoms with van der Waals surface area (Å²) < 4.78 is 26.1. The summed E-state index contributed by atoms with van der Waals surface area (Å²) in [6, 6.07) is 5.59. The van der Waals surface area contributed by atoms with Crippen molar-refractivity contribution in [3.05, 3.63) is 28.8 Å². The molecule has 0 radical (unpaired) electrons. The van der Waals surface area contributed by atoms with E-state index in [1.807, 2.05) is 7.05 Å². The van der Waals surface area contributed by atoms with E-state index in [1.54, 1.807) is 23.1 Å². The number of fused-ring (bicyclic) bond motifs is 1. The van der Waals surface area contributed by atoms with Gasteiger partial charge >= 0.3 is 0 Å². The van der Waals surface area contributed by atoms with Gasteiger partial charge in [-0.3, -0.25) is 9.10 Å². The number of anilines is 1. The third-order valence-corrected chi connectivity index (χ3v) is 9.09. The van der Waals surface area contributed by atoms with Crippen molar-refractivity contribution < 1.29 is 13.2 Å². The number of hydrogen-bond donors (Lipinski definition) is 0. The maximum Gasteiger partial charge on any atom is 0.255 e. The van der Waals surface area contributed by atoms with Crippen molar-refractivity contribution in [2.45, 2.75) is 51.0 Å². The summed E-state index contributed by atoms with van der Waals surface area (Å²) in [7, 11) is -1.45. The number of hydrogen-bond acceptors (Lipinski definition) is 4. The van der Waals surface area contributed by atoms with Gasteiger partial charge in [0.25, 0.3) is 5.91 Å². The number of piperidine rings is 2. The normalized spacial score (nSPS) is 26.8. The van der Waals surface area contributed by atoms with Gasteiger partial charge in [0.15, 0.2) is 0 Å². The van der Waals surface area contributed by atoms with Crippen LogP contribution in [0.15, 0.2) is 18.2 Å². The molecule has 3 saturated heterocycles. The third-order valence-electron chi connectivity index (χ3n) is 6.90. The second-order valence-corrected chi connectivity index (χ2v) is 11.4. The number of nitrogens with zero attached hydrogens (tertiary/aromatic N) is 3. The van der Waals surface area contributed by atoms with Crippen LogP contribution in [-0.4, -0.2) is 69.1 Å². The van der Waals surface area contributed by atoms with Crippen LogP contribution in [0.1, 0.15) is 55.3 Å². The van der Waals surface area contributed by atoms with Gasteiger partial charge in [0.2, 0.25) is 10.0 Å². The quantitative estimate of drug-likeness (QED) is 0.698. The molecule has 2 atom stereocenters. The zero-order chi connectivity index (χ0) is 21.3. The lowest BCUT2D eigenvalue weighted by molar-refractivity contribution is 0.0403. The fraction of sp³-hybridized carbons (Fsp3) is 0.682. The van der Waals surface area contributed by atoms with E-state index in [2.05, 4.69) is 4.90 Å². The SMILES string of the molecule is CN(C[C@H]1CCCN2CCCC[C@@H]12)C(=O)c1ccc(N2CCCCS2(=O)=O)cc1Cl. The largest absolute Gasteiger partial charge is 0.341 e. The highest BCUT2D eigenvalue weighted by Gasteiger charge is 2.34. The highest BCUT2D eigenvalue weighted by atomic mass is 35.5. The molecule has 1 aromatic carbocycles. The molecule has 1 amide bonds. The molecule has 0 saturated carbocycles. The third kappa shape index (κ3) is 4.48. The maximum absolute atomic E-state index is 13.1. The molecule has 0 aliphatic carbocycles. The number of carbonyl (C=O) groups excluding carboxylic acids is 1. The molecule has 1 aromatic rings. The first-order valence-electron chi connectivity index (χ1n) is 11.2. The predicted octanol–water partition coefficient (Wildman–Crippen LogP) is 3.61. The van der Waals surface area contributed by atoms with E-state index in [1.165, 1.54) is 43.1 Å². The highest BCUT2D eigenvalue weighted by molar-refractivity contribution is 7.92. The Morgan fingerprint density at radius 1 is 1.10 bits per heavy atom. The first-order chi connectivity index (χ1) is 14.4. The molecular weight excluding hydrogens is 422 g/mol. The lowest BCUT2D eigenvalue weighted by Gasteiger charge is -2.45. The van der Waals surface area contributed by atoms with Crippen LogP contribution < -0.4 is 4.31 Å². The van der Waals surface area contributed by atoms with Crippen molar-refractivity contribution in [2.24, 2.45) is 5.92 Å². The number of rotatable bonds is 4. The summed E-state index contributed by atoms with van der Waals surface area (Å²) in [5, 5.41) is 0.313. The summed E-state index contributed by atoms with van der Waals surface area (Å²) in [5.74, 6) is 0.568. The van der Waals surface area contributed by atoms with Crippen LogP contribution in [0.3, 0.4) is 0 Å². The average Bonchev–Trinajstić information content (AvgIpc) is 2.73. The monoisotopic (exact) mass is 453 g/mol. The summed E-state index contributed by atoms with van der Waals surface area (Å²) in [4.78, 5) is 17.5. The lowest BCUT2D eigenvalue weighted by atomic mass is 9.83. The Morgan fingerprint density at radius 3 is 2.63 bits per heavy atom. The van der Waals surface area contributed by atoms with Gasteiger partial charge in [-0.1, -0.05) is 18.0 Å². The topological polar surface area (TPSA) is 60.9 Å². The lowest BCUT2D eigenvalue weighted by Crippen LogP contribution is -2.51. The fourth-order valence-corrected chi connectivity index (χ4v) is 7.23. The Bertz CT molecular complexity index is 890. The zero-order valence-corrected chi connectivity index (χ0v) is 19.3. The van der Waals surface area contributed by atoms with Crippen molar-refractivity contribution in [2.75, 3.05) is 43.3 Å². The molecule has 3 aliphatic heterocycles. The molecule has 30 heavy (non-hydrogen) atoms. The summed E-state index contributed by atoms with van der Waals surface area (Å²) >= 11 is 6.46. The molecule has 0 bridgehead atoms. The van der Waals surface area contributed by atoms with E-state index >= 15 is 0 Å². The van der Waals surface area contributed by atoms with Crippen LogP contribution in [0.2, 0.25) is 5.02 Å². The summed E-state index contributed by atoms with van der Waals surface area (Å²) in [6.45, 7) is 3.57. The molecule has 0 spiro atoms. The highest BCUT2D eigenvalue weighted by Crippen LogP contribution is 2.32. The molecule has 8 heteroatoms. The van der Waals surface area contributed by atoms with Crippen LogP contribution in [0.5, 0.6) is 0 Å². The van der Waals surface area contributed by atoms with Crippen molar-refractivity contribution in [3.8, 4) is 0 Å². The molecule has 0 aromatic heterocycles. The van der Waals surface area contributed by atoms with Crippen LogP contribution in [-0.2, 0) is 10.0 Å². The number of amides is 1. The van der Waals surface area contributed by atoms with Gasteiger partial charge in [-0.05, 0) is 75.7 Å². The Labute approximate surface area is 185 Å². The molecule has 6 nitrogen and oxygen atoms in total. The van der Waals surface area contributed by atoms with Gasteiger partial charge in [0, 0.05) is 26.2 Å². The molecule has 0 N–H and O–H groups in total. The maximum atomic E-state index is 13.1. The predicted molar refractivity (Wildman–Crippen MR) is 121 cm³/mol.